The van der Waals surface area contributed by atoms with E-state index < -0.39 is 42.4 Å². The van der Waals surface area contributed by atoms with Crippen LogP contribution in [0.15, 0.2) is 24.3 Å². The zero-order valence-corrected chi connectivity index (χ0v) is 19.7. The monoisotopic (exact) mass is 529 g/mol. The molecule has 2 aliphatic rings. The lowest BCUT2D eigenvalue weighted by atomic mass is 10.1. The number of nitrogens with one attached hydrogen (secondary N) is 1. The Balaban J connectivity index is 1.43. The number of hydrogen-bond acceptors (Lipinski definition) is 6. The van der Waals surface area contributed by atoms with E-state index in [1.807, 2.05) is 0 Å². The van der Waals surface area contributed by atoms with Gasteiger partial charge in [-0.05, 0) is 36.2 Å². The number of aryl methyl sites for hydroxylation is 1. The summed E-state index contributed by atoms with van der Waals surface area (Å²) in [5, 5.41) is 16.6. The highest BCUT2D eigenvalue weighted by atomic mass is 35.5. The number of ether oxygens (including phenoxy) is 1. The number of carboxylic acid groups (broad SMARTS) is 1. The topological polar surface area (TPSA) is 117 Å². The fourth-order valence-electron chi connectivity index (χ4n) is 4.17. The van der Waals surface area contributed by atoms with Crippen molar-refractivity contribution in [2.75, 3.05) is 26.2 Å². The quantitative estimate of drug-likeness (QED) is 0.625. The Morgan fingerprint density at radius 2 is 1.94 bits per heavy atom. The molecule has 1 saturated heterocycles. The molecular weight excluding hydrogens is 507 g/mol. The minimum Gasteiger partial charge on any atom is -0.480 e. The summed E-state index contributed by atoms with van der Waals surface area (Å²) in [7, 11) is 0. The Labute approximate surface area is 208 Å². The Morgan fingerprint density at radius 1 is 1.17 bits per heavy atom. The molecule has 10 nitrogen and oxygen atoms in total. The molecule has 36 heavy (non-hydrogen) atoms. The van der Waals surface area contributed by atoms with Crippen molar-refractivity contribution in [3.63, 3.8) is 0 Å². The highest BCUT2D eigenvalue weighted by Gasteiger charge is 2.34. The fraction of sp³-hybridized carbons (Fsp3) is 0.455. The number of alkyl halides is 3. The van der Waals surface area contributed by atoms with Crippen LogP contribution in [0, 0.1) is 0 Å². The van der Waals surface area contributed by atoms with Gasteiger partial charge in [0.2, 0.25) is 0 Å². The number of carboxylic acids is 1. The lowest BCUT2D eigenvalue weighted by molar-refractivity contribution is -0.143. The van der Waals surface area contributed by atoms with Crippen LogP contribution < -0.4 is 5.32 Å². The second-order valence-electron chi connectivity index (χ2n) is 8.48. The van der Waals surface area contributed by atoms with Crippen LogP contribution in [-0.2, 0) is 35.4 Å². The third-order valence-electron chi connectivity index (χ3n) is 5.93. The van der Waals surface area contributed by atoms with E-state index in [-0.39, 0.29) is 35.9 Å². The van der Waals surface area contributed by atoms with E-state index in [9.17, 15) is 32.7 Å². The van der Waals surface area contributed by atoms with E-state index in [1.54, 1.807) is 4.68 Å². The number of rotatable bonds is 4. The summed E-state index contributed by atoms with van der Waals surface area (Å²) < 4.78 is 45.9. The van der Waals surface area contributed by atoms with E-state index in [4.69, 9.17) is 16.3 Å². The molecule has 194 valence electrons. The van der Waals surface area contributed by atoms with Gasteiger partial charge in [0.15, 0.2) is 5.69 Å². The number of benzene rings is 1. The molecule has 4 rings (SSSR count). The van der Waals surface area contributed by atoms with E-state index in [0.717, 1.165) is 12.1 Å². The SMILES string of the molecule is O=C(O)C1CNCCN1C(=O)c1cc2n(n1)CCCN(C(=O)OCc1cc(Cl)cc(C(F)(F)F)c1)C2. The third kappa shape index (κ3) is 5.73. The first-order valence-electron chi connectivity index (χ1n) is 11.1. The zero-order valence-electron chi connectivity index (χ0n) is 18.9. The summed E-state index contributed by atoms with van der Waals surface area (Å²) >= 11 is 5.78. The van der Waals surface area contributed by atoms with Crippen LogP contribution in [0.1, 0.15) is 33.7 Å². The molecule has 0 aliphatic carbocycles. The minimum atomic E-state index is -4.59. The molecule has 2 N–H and O–H groups in total. The van der Waals surface area contributed by atoms with Crippen molar-refractivity contribution >= 4 is 29.6 Å². The standard InChI is InChI=1S/C22H23ClF3N5O5/c23-15-7-13(6-14(8-15)22(24,25)26)12-36-21(35)29-3-1-4-31-16(11-29)9-17(28-31)19(32)30-5-2-27-10-18(30)20(33)34/h6-9,18,27H,1-5,10-12H2,(H,33,34). The van der Waals surface area contributed by atoms with Crippen molar-refractivity contribution in [3.8, 4) is 0 Å². The molecule has 1 fully saturated rings. The number of hydrogen-bond donors (Lipinski definition) is 2. The summed E-state index contributed by atoms with van der Waals surface area (Å²) in [5.74, 6) is -1.63. The molecule has 3 heterocycles. The number of halogens is 4. The first-order chi connectivity index (χ1) is 17.0. The van der Waals surface area contributed by atoms with E-state index in [2.05, 4.69) is 10.4 Å². The first-order valence-corrected chi connectivity index (χ1v) is 11.5. The van der Waals surface area contributed by atoms with E-state index in [1.165, 1.54) is 21.9 Å². The van der Waals surface area contributed by atoms with Crippen molar-refractivity contribution in [2.45, 2.75) is 38.3 Å². The summed E-state index contributed by atoms with van der Waals surface area (Å²) in [5.41, 5.74) is -0.213. The van der Waals surface area contributed by atoms with Crippen LogP contribution in [-0.4, -0.2) is 74.9 Å². The number of aromatic nitrogens is 2. The average molecular weight is 530 g/mol. The largest absolute Gasteiger partial charge is 0.480 e. The van der Waals surface area contributed by atoms with Crippen molar-refractivity contribution in [1.82, 2.24) is 24.9 Å². The number of carbonyl (C=O) groups is 3. The Morgan fingerprint density at radius 3 is 2.67 bits per heavy atom. The maximum atomic E-state index is 13.0. The molecule has 0 radical (unpaired) electrons. The van der Waals surface area contributed by atoms with Gasteiger partial charge in [0.05, 0.1) is 17.8 Å². The molecule has 1 aromatic heterocycles. The molecule has 1 aromatic carbocycles. The van der Waals surface area contributed by atoms with Crippen molar-refractivity contribution < 1.29 is 37.4 Å². The second kappa shape index (κ2) is 10.3. The van der Waals surface area contributed by atoms with Crippen molar-refractivity contribution in [1.29, 1.82) is 0 Å². The van der Waals surface area contributed by atoms with Crippen molar-refractivity contribution in [2.24, 2.45) is 0 Å². The van der Waals surface area contributed by atoms with Crippen LogP contribution in [0.5, 0.6) is 0 Å². The van der Waals surface area contributed by atoms with Gasteiger partial charge in [-0.3, -0.25) is 9.48 Å². The van der Waals surface area contributed by atoms with Gasteiger partial charge in [0.25, 0.3) is 5.91 Å². The Hall–Kier alpha value is -3.32. The molecule has 0 bridgehead atoms. The van der Waals surface area contributed by atoms with Gasteiger partial charge in [-0.1, -0.05) is 11.6 Å². The Bertz CT molecular complexity index is 1170. The molecule has 2 aromatic rings. The summed E-state index contributed by atoms with van der Waals surface area (Å²) in [6.07, 6.45) is -4.82. The van der Waals surface area contributed by atoms with Crippen LogP contribution in [0.3, 0.4) is 0 Å². The van der Waals surface area contributed by atoms with Gasteiger partial charge in [-0.2, -0.15) is 18.3 Å². The predicted octanol–water partition coefficient (Wildman–Crippen LogP) is 2.60. The van der Waals surface area contributed by atoms with Gasteiger partial charge in [-0.15, -0.1) is 0 Å². The molecule has 0 spiro atoms. The zero-order chi connectivity index (χ0) is 26.0. The minimum absolute atomic E-state index is 0.0619. The van der Waals surface area contributed by atoms with Gasteiger partial charge in [0.1, 0.15) is 12.6 Å². The smallest absolute Gasteiger partial charge is 0.416 e. The number of piperazine rings is 1. The number of amides is 2. The van der Waals surface area contributed by atoms with E-state index in [0.29, 0.717) is 31.7 Å². The predicted molar refractivity (Wildman–Crippen MR) is 119 cm³/mol. The first kappa shape index (κ1) is 25.8. The second-order valence-corrected chi connectivity index (χ2v) is 8.91. The van der Waals surface area contributed by atoms with Crippen LogP contribution >= 0.6 is 11.6 Å². The maximum absolute atomic E-state index is 13.0. The lowest BCUT2D eigenvalue weighted by Crippen LogP contribution is -2.57. The van der Waals surface area contributed by atoms with Gasteiger partial charge in [0, 0.05) is 37.7 Å². The van der Waals surface area contributed by atoms with Gasteiger partial charge < -0.3 is 25.0 Å². The molecule has 0 saturated carbocycles. The summed E-state index contributed by atoms with van der Waals surface area (Å²) in [4.78, 5) is 39.8. The number of fused-ring (bicyclic) bond motifs is 1. The molecule has 1 atom stereocenters. The molecule has 2 aliphatic heterocycles. The molecule has 14 heteroatoms. The third-order valence-corrected chi connectivity index (χ3v) is 6.15. The number of nitrogens with zero attached hydrogens (tertiary/aromatic N) is 4. The Kier molecular flexibility index (Phi) is 7.41. The lowest BCUT2D eigenvalue weighted by Gasteiger charge is -2.32. The fourth-order valence-corrected chi connectivity index (χ4v) is 4.43. The van der Waals surface area contributed by atoms with Crippen LogP contribution in [0.25, 0.3) is 0 Å². The van der Waals surface area contributed by atoms with Gasteiger partial charge in [-0.25, -0.2) is 9.59 Å². The average Bonchev–Trinajstić information content (AvgIpc) is 3.12. The molecule has 2 amide bonds. The van der Waals surface area contributed by atoms with Crippen LogP contribution in [0.4, 0.5) is 18.0 Å². The number of carbonyl (C=O) groups excluding carboxylic acids is 2. The maximum Gasteiger partial charge on any atom is 0.416 e. The number of aliphatic carboxylic acids is 1. The molecular formula is C22H23ClF3N5O5. The van der Waals surface area contributed by atoms with Gasteiger partial charge >= 0.3 is 18.2 Å². The summed E-state index contributed by atoms with van der Waals surface area (Å²) in [6.45, 7) is 1.20. The van der Waals surface area contributed by atoms with Crippen molar-refractivity contribution in [3.05, 3.63) is 51.8 Å². The molecule has 1 unspecified atom stereocenters. The highest BCUT2D eigenvalue weighted by molar-refractivity contribution is 6.30. The normalized spacial score (nSPS) is 18.4. The van der Waals surface area contributed by atoms with E-state index >= 15 is 0 Å². The summed E-state index contributed by atoms with van der Waals surface area (Å²) in [6, 6.07) is 3.46. The van der Waals surface area contributed by atoms with Crippen LogP contribution in [0.2, 0.25) is 5.02 Å². The highest BCUT2D eigenvalue weighted by Crippen LogP contribution is 2.32.